The Labute approximate surface area is 182 Å². The van der Waals surface area contributed by atoms with E-state index in [1.807, 2.05) is 36.4 Å². The molecule has 7 nitrogen and oxygen atoms in total. The van der Waals surface area contributed by atoms with Gasteiger partial charge in [0, 0.05) is 24.1 Å². The monoisotopic (exact) mass is 434 g/mol. The summed E-state index contributed by atoms with van der Waals surface area (Å²) < 4.78 is 7.00. The Kier molecular flexibility index (Phi) is 4.95. The third-order valence-corrected chi connectivity index (χ3v) is 5.59. The SMILES string of the molecule is O=C(COc1cccc(Cl)c1)N1CCc2nc3cc(-c4ccccc4)[nH]n3c(=O)c2C1. The molecule has 1 N–H and O–H groups in total. The number of carbonyl (C=O) groups excluding carboxylic acids is 1. The van der Waals surface area contributed by atoms with Crippen molar-refractivity contribution < 1.29 is 9.53 Å². The van der Waals surface area contributed by atoms with Gasteiger partial charge in [0.15, 0.2) is 12.3 Å². The zero-order valence-corrected chi connectivity index (χ0v) is 17.3. The summed E-state index contributed by atoms with van der Waals surface area (Å²) in [6.07, 6.45) is 0.524. The number of rotatable bonds is 4. The van der Waals surface area contributed by atoms with E-state index in [4.69, 9.17) is 16.3 Å². The molecule has 0 spiro atoms. The highest BCUT2D eigenvalue weighted by atomic mass is 35.5. The Morgan fingerprint density at radius 3 is 2.77 bits per heavy atom. The summed E-state index contributed by atoms with van der Waals surface area (Å²) in [6, 6.07) is 18.5. The first kappa shape index (κ1) is 19.4. The molecule has 4 aromatic rings. The maximum atomic E-state index is 13.1. The molecule has 8 heteroatoms. The summed E-state index contributed by atoms with van der Waals surface area (Å²) in [5, 5.41) is 3.67. The van der Waals surface area contributed by atoms with Crippen molar-refractivity contribution in [1.82, 2.24) is 19.5 Å². The van der Waals surface area contributed by atoms with Crippen LogP contribution in [0.15, 0.2) is 65.5 Å². The van der Waals surface area contributed by atoms with Crippen LogP contribution in [0.25, 0.3) is 16.9 Å². The van der Waals surface area contributed by atoms with Crippen LogP contribution >= 0.6 is 11.6 Å². The number of H-pyrrole nitrogens is 1. The van der Waals surface area contributed by atoms with Crippen molar-refractivity contribution in [2.45, 2.75) is 13.0 Å². The second-order valence-electron chi connectivity index (χ2n) is 7.38. The molecule has 3 heterocycles. The van der Waals surface area contributed by atoms with Crippen LogP contribution in [0.3, 0.4) is 0 Å². The van der Waals surface area contributed by atoms with E-state index in [-0.39, 0.29) is 24.6 Å². The zero-order valence-electron chi connectivity index (χ0n) is 16.5. The van der Waals surface area contributed by atoms with Gasteiger partial charge < -0.3 is 9.64 Å². The molecular weight excluding hydrogens is 416 g/mol. The van der Waals surface area contributed by atoms with Gasteiger partial charge in [-0.15, -0.1) is 0 Å². The fraction of sp³-hybridized carbons (Fsp3) is 0.174. The molecule has 1 aliphatic rings. The zero-order chi connectivity index (χ0) is 21.4. The molecule has 2 aromatic heterocycles. The average Bonchev–Trinajstić information content (AvgIpc) is 3.23. The first-order chi connectivity index (χ1) is 15.1. The molecule has 0 radical (unpaired) electrons. The van der Waals surface area contributed by atoms with Crippen LogP contribution < -0.4 is 10.3 Å². The summed E-state index contributed by atoms with van der Waals surface area (Å²) in [4.78, 5) is 32.1. The molecule has 0 atom stereocenters. The van der Waals surface area contributed by atoms with Gasteiger partial charge >= 0.3 is 0 Å². The molecule has 0 saturated heterocycles. The molecule has 0 saturated carbocycles. The predicted molar refractivity (Wildman–Crippen MR) is 117 cm³/mol. The number of fused-ring (bicyclic) bond motifs is 2. The minimum Gasteiger partial charge on any atom is -0.484 e. The fourth-order valence-corrected chi connectivity index (χ4v) is 3.93. The Hall–Kier alpha value is -3.58. The molecule has 0 bridgehead atoms. The first-order valence-electron chi connectivity index (χ1n) is 9.93. The van der Waals surface area contributed by atoms with Crippen LogP contribution in [0.2, 0.25) is 5.02 Å². The molecule has 2 aromatic carbocycles. The maximum absolute atomic E-state index is 13.1. The number of ether oxygens (including phenoxy) is 1. The van der Waals surface area contributed by atoms with Crippen molar-refractivity contribution in [3.63, 3.8) is 0 Å². The standard InChI is InChI=1S/C23H19ClN4O3/c24-16-7-4-8-17(11-16)31-14-22(29)27-10-9-19-18(13-27)23(30)28-21(25-19)12-20(26-28)15-5-2-1-3-6-15/h1-8,11-12,26H,9-10,13-14H2. The highest BCUT2D eigenvalue weighted by Gasteiger charge is 2.26. The van der Waals surface area contributed by atoms with E-state index in [9.17, 15) is 9.59 Å². The molecule has 1 aliphatic heterocycles. The lowest BCUT2D eigenvalue weighted by molar-refractivity contribution is -0.134. The van der Waals surface area contributed by atoms with Crippen LogP contribution in [0.5, 0.6) is 5.75 Å². The summed E-state index contributed by atoms with van der Waals surface area (Å²) in [7, 11) is 0. The van der Waals surface area contributed by atoms with Crippen molar-refractivity contribution in [2.75, 3.05) is 13.2 Å². The second kappa shape index (κ2) is 7.92. The number of nitrogens with one attached hydrogen (secondary N) is 1. The van der Waals surface area contributed by atoms with E-state index in [1.165, 1.54) is 4.52 Å². The normalized spacial score (nSPS) is 13.3. The van der Waals surface area contributed by atoms with E-state index in [0.717, 1.165) is 17.0 Å². The van der Waals surface area contributed by atoms with Gasteiger partial charge in [-0.3, -0.25) is 14.7 Å². The first-order valence-corrected chi connectivity index (χ1v) is 10.3. The van der Waals surface area contributed by atoms with E-state index >= 15 is 0 Å². The number of halogens is 1. The minimum atomic E-state index is -0.188. The summed E-state index contributed by atoms with van der Waals surface area (Å²) in [5.74, 6) is 0.341. The molecule has 31 heavy (non-hydrogen) atoms. The van der Waals surface area contributed by atoms with E-state index < -0.39 is 0 Å². The van der Waals surface area contributed by atoms with Crippen LogP contribution in [0, 0.1) is 0 Å². The number of nitrogens with zero attached hydrogens (tertiary/aromatic N) is 3. The number of hydrogen-bond acceptors (Lipinski definition) is 4. The molecule has 0 fully saturated rings. The molecule has 156 valence electrons. The lowest BCUT2D eigenvalue weighted by Gasteiger charge is -2.27. The third kappa shape index (κ3) is 3.80. The van der Waals surface area contributed by atoms with Crippen LogP contribution in [-0.4, -0.2) is 38.6 Å². The summed E-state index contributed by atoms with van der Waals surface area (Å²) in [5.41, 5.74) is 3.45. The summed E-state index contributed by atoms with van der Waals surface area (Å²) >= 11 is 5.95. The number of aromatic amines is 1. The average molecular weight is 435 g/mol. The van der Waals surface area contributed by atoms with Gasteiger partial charge in [-0.1, -0.05) is 48.0 Å². The molecular formula is C23H19ClN4O3. The number of carbonyl (C=O) groups is 1. The van der Waals surface area contributed by atoms with Gasteiger partial charge in [0.1, 0.15) is 5.75 Å². The highest BCUT2D eigenvalue weighted by molar-refractivity contribution is 6.30. The van der Waals surface area contributed by atoms with Crippen molar-refractivity contribution in [3.8, 4) is 17.0 Å². The fourth-order valence-electron chi connectivity index (χ4n) is 3.75. The molecule has 5 rings (SSSR count). The van der Waals surface area contributed by atoms with Gasteiger partial charge in [-0.25, -0.2) is 9.50 Å². The molecule has 0 aliphatic carbocycles. The second-order valence-corrected chi connectivity index (χ2v) is 7.82. The lowest BCUT2D eigenvalue weighted by Crippen LogP contribution is -2.42. The van der Waals surface area contributed by atoms with Crippen molar-refractivity contribution in [1.29, 1.82) is 0 Å². The largest absolute Gasteiger partial charge is 0.484 e. The summed E-state index contributed by atoms with van der Waals surface area (Å²) in [6.45, 7) is 0.582. The van der Waals surface area contributed by atoms with Gasteiger partial charge in [-0.2, -0.15) is 0 Å². The van der Waals surface area contributed by atoms with E-state index in [0.29, 0.717) is 34.9 Å². The third-order valence-electron chi connectivity index (χ3n) is 5.36. The number of benzene rings is 2. The Morgan fingerprint density at radius 1 is 1.13 bits per heavy atom. The topological polar surface area (TPSA) is 79.7 Å². The Balaban J connectivity index is 1.37. The maximum Gasteiger partial charge on any atom is 0.277 e. The minimum absolute atomic E-state index is 0.118. The quantitative estimate of drug-likeness (QED) is 0.534. The van der Waals surface area contributed by atoms with Crippen LogP contribution in [-0.2, 0) is 17.8 Å². The van der Waals surface area contributed by atoms with E-state index in [2.05, 4.69) is 10.1 Å². The van der Waals surface area contributed by atoms with Gasteiger partial charge in [0.25, 0.3) is 11.5 Å². The predicted octanol–water partition coefficient (Wildman–Crippen LogP) is 3.31. The molecule has 1 amide bonds. The van der Waals surface area contributed by atoms with Gasteiger partial charge in [0.2, 0.25) is 0 Å². The van der Waals surface area contributed by atoms with Gasteiger partial charge in [0.05, 0.1) is 23.5 Å². The Bertz CT molecular complexity index is 1330. The van der Waals surface area contributed by atoms with E-state index in [1.54, 1.807) is 29.2 Å². The number of hydrogen-bond donors (Lipinski definition) is 1. The van der Waals surface area contributed by atoms with Crippen molar-refractivity contribution >= 4 is 23.2 Å². The smallest absolute Gasteiger partial charge is 0.277 e. The highest BCUT2D eigenvalue weighted by Crippen LogP contribution is 2.21. The van der Waals surface area contributed by atoms with Crippen LogP contribution in [0.1, 0.15) is 11.3 Å². The number of aromatic nitrogens is 3. The van der Waals surface area contributed by atoms with Crippen molar-refractivity contribution in [2.24, 2.45) is 0 Å². The van der Waals surface area contributed by atoms with Crippen molar-refractivity contribution in [3.05, 3.63) is 87.3 Å². The molecule has 0 unspecified atom stereocenters. The van der Waals surface area contributed by atoms with Gasteiger partial charge in [-0.05, 0) is 23.8 Å². The van der Waals surface area contributed by atoms with Crippen LogP contribution in [0.4, 0.5) is 0 Å². The number of amides is 1. The Morgan fingerprint density at radius 2 is 1.97 bits per heavy atom. The lowest BCUT2D eigenvalue weighted by atomic mass is 10.1.